The van der Waals surface area contributed by atoms with Gasteiger partial charge in [0.05, 0.1) is 37.2 Å². The normalized spacial score (nSPS) is 17.4. The molecule has 0 aliphatic carbocycles. The summed E-state index contributed by atoms with van der Waals surface area (Å²) in [5.74, 6) is 0.479. The van der Waals surface area contributed by atoms with Gasteiger partial charge in [0, 0.05) is 48.4 Å². The number of thiocarbonyl (C=S) groups is 1. The summed E-state index contributed by atoms with van der Waals surface area (Å²) in [6, 6.07) is 13.6. The van der Waals surface area contributed by atoms with E-state index in [-0.39, 0.29) is 18.0 Å². The molecule has 1 aliphatic rings. The minimum atomic E-state index is -0.531. The number of aryl methyl sites for hydroxylation is 1. The third-order valence-electron chi connectivity index (χ3n) is 6.94. The highest BCUT2D eigenvalue weighted by Crippen LogP contribution is 2.44. The predicted molar refractivity (Wildman–Crippen MR) is 155 cm³/mol. The lowest BCUT2D eigenvalue weighted by Crippen LogP contribution is -2.30. The molecule has 1 saturated heterocycles. The van der Waals surface area contributed by atoms with Crippen molar-refractivity contribution in [2.24, 2.45) is 5.41 Å². The van der Waals surface area contributed by atoms with Crippen molar-refractivity contribution in [3.63, 3.8) is 0 Å². The van der Waals surface area contributed by atoms with Crippen molar-refractivity contribution < 1.29 is 14.3 Å². The van der Waals surface area contributed by atoms with Gasteiger partial charge in [0.25, 0.3) is 0 Å². The van der Waals surface area contributed by atoms with E-state index < -0.39 is 5.41 Å². The van der Waals surface area contributed by atoms with Crippen LogP contribution in [0.25, 0.3) is 0 Å². The summed E-state index contributed by atoms with van der Waals surface area (Å²) in [5, 5.41) is 7.11. The number of ether oxygens (including phenoxy) is 2. The number of benzene rings is 1. The number of aromatic nitrogens is 2. The molecule has 3 heterocycles. The van der Waals surface area contributed by atoms with Gasteiger partial charge in [-0.05, 0) is 62.0 Å². The maximum absolute atomic E-state index is 12.7. The van der Waals surface area contributed by atoms with Crippen LogP contribution in [-0.4, -0.2) is 41.4 Å². The first kappa shape index (κ1) is 27.6. The monoisotopic (exact) mass is 535 g/mol. The van der Waals surface area contributed by atoms with Crippen molar-refractivity contribution in [3.05, 3.63) is 71.3 Å². The molecule has 2 unspecified atom stereocenters. The molecule has 9 heteroatoms. The molecule has 0 spiro atoms. The number of hydrogen-bond donors (Lipinski definition) is 2. The zero-order valence-corrected chi connectivity index (χ0v) is 24.0. The highest BCUT2D eigenvalue weighted by atomic mass is 32.1. The lowest BCUT2D eigenvalue weighted by atomic mass is 9.95. The third-order valence-corrected chi connectivity index (χ3v) is 7.26. The van der Waals surface area contributed by atoms with Gasteiger partial charge < -0.3 is 29.6 Å². The second-order valence-electron chi connectivity index (χ2n) is 10.6. The molecule has 4 rings (SSSR count). The van der Waals surface area contributed by atoms with E-state index in [0.29, 0.717) is 23.2 Å². The van der Waals surface area contributed by atoms with Crippen molar-refractivity contribution in [3.8, 4) is 5.75 Å². The number of methoxy groups -OCH3 is 2. The van der Waals surface area contributed by atoms with Gasteiger partial charge in [-0.15, -0.1) is 0 Å². The van der Waals surface area contributed by atoms with Crippen molar-refractivity contribution in [2.45, 2.75) is 53.2 Å². The van der Waals surface area contributed by atoms with Crippen LogP contribution in [0.1, 0.15) is 55.5 Å². The van der Waals surface area contributed by atoms with Crippen LogP contribution in [0.4, 0.5) is 11.4 Å². The van der Waals surface area contributed by atoms with E-state index in [1.807, 2.05) is 57.2 Å². The molecular formula is C29H37N5O3S. The number of amides is 1. The number of nitrogens with zero attached hydrogens (tertiary/aromatic N) is 3. The molecule has 3 aromatic rings. The Balaban J connectivity index is 1.80. The number of carbonyl (C=O) groups is 1. The highest BCUT2D eigenvalue weighted by molar-refractivity contribution is 7.80. The first-order valence-electron chi connectivity index (χ1n) is 12.7. The summed E-state index contributed by atoms with van der Waals surface area (Å²) in [6.45, 7) is 11.3. The predicted octanol–water partition coefficient (Wildman–Crippen LogP) is 5.32. The smallest absolute Gasteiger partial charge is 0.229 e. The van der Waals surface area contributed by atoms with E-state index in [4.69, 9.17) is 21.7 Å². The topological polar surface area (TPSA) is 80.7 Å². The molecule has 0 radical (unpaired) electrons. The summed E-state index contributed by atoms with van der Waals surface area (Å²) in [6.07, 6.45) is 1.80. The Kier molecular flexibility index (Phi) is 8.08. The third kappa shape index (κ3) is 5.39. The lowest BCUT2D eigenvalue weighted by Gasteiger charge is -2.29. The van der Waals surface area contributed by atoms with Gasteiger partial charge >= 0.3 is 0 Å². The van der Waals surface area contributed by atoms with Crippen LogP contribution in [0, 0.1) is 19.3 Å². The SMILES string of the molecule is COCCn1c(C)cc(C2C(c3ccccn3)NC(=S)N2c2ccc(NC(=O)C(C)(C)C)c(OC)c2)c1C. The second kappa shape index (κ2) is 11.1. The van der Waals surface area contributed by atoms with Crippen molar-refractivity contribution in [1.29, 1.82) is 0 Å². The summed E-state index contributed by atoms with van der Waals surface area (Å²) in [5.41, 5.74) is 5.32. The van der Waals surface area contributed by atoms with Gasteiger partial charge in [-0.25, -0.2) is 0 Å². The molecule has 8 nitrogen and oxygen atoms in total. The molecular weight excluding hydrogens is 498 g/mol. The average molecular weight is 536 g/mol. The molecule has 1 aromatic carbocycles. The molecule has 1 fully saturated rings. The molecule has 0 bridgehead atoms. The minimum Gasteiger partial charge on any atom is -0.494 e. The zero-order chi connectivity index (χ0) is 27.6. The first-order valence-corrected chi connectivity index (χ1v) is 13.1. The summed E-state index contributed by atoms with van der Waals surface area (Å²) >= 11 is 5.91. The Bertz CT molecular complexity index is 1320. The van der Waals surface area contributed by atoms with Gasteiger partial charge in [-0.2, -0.15) is 0 Å². The molecule has 2 aromatic heterocycles. The Morgan fingerprint density at radius 1 is 1.16 bits per heavy atom. The number of carbonyl (C=O) groups excluding carboxylic acids is 1. The molecule has 202 valence electrons. The van der Waals surface area contributed by atoms with Gasteiger partial charge in [-0.3, -0.25) is 9.78 Å². The summed E-state index contributed by atoms with van der Waals surface area (Å²) in [7, 11) is 3.32. The van der Waals surface area contributed by atoms with Gasteiger partial charge in [0.1, 0.15) is 5.75 Å². The van der Waals surface area contributed by atoms with Gasteiger partial charge in [-0.1, -0.05) is 26.8 Å². The molecule has 1 aliphatic heterocycles. The average Bonchev–Trinajstić information content (AvgIpc) is 3.37. The number of rotatable bonds is 8. The van der Waals surface area contributed by atoms with E-state index in [0.717, 1.165) is 34.9 Å². The number of anilines is 2. The molecule has 2 atom stereocenters. The standard InChI is InChI=1S/C29H37N5O3S/c1-18-16-21(19(2)33(18)14-15-36-6)26-25(23-10-8-9-13-30-23)32-28(38)34(26)20-11-12-22(24(17-20)37-7)31-27(35)29(3,4)5/h8-13,16-17,25-26H,14-15H2,1-7H3,(H,31,35)(H,32,38). The Labute approximate surface area is 230 Å². The zero-order valence-electron chi connectivity index (χ0n) is 23.2. The molecule has 0 saturated carbocycles. The van der Waals surface area contributed by atoms with Crippen molar-refractivity contribution in [2.75, 3.05) is 31.0 Å². The first-order chi connectivity index (χ1) is 18.1. The largest absolute Gasteiger partial charge is 0.494 e. The maximum Gasteiger partial charge on any atom is 0.229 e. The van der Waals surface area contributed by atoms with Gasteiger partial charge in [0.15, 0.2) is 5.11 Å². The van der Waals surface area contributed by atoms with E-state index in [1.54, 1.807) is 20.4 Å². The van der Waals surface area contributed by atoms with Crippen LogP contribution in [0.5, 0.6) is 5.75 Å². The Hall–Kier alpha value is -3.43. The van der Waals surface area contributed by atoms with Crippen LogP contribution in [0.2, 0.25) is 0 Å². The van der Waals surface area contributed by atoms with E-state index in [9.17, 15) is 4.79 Å². The Morgan fingerprint density at radius 3 is 2.55 bits per heavy atom. The van der Waals surface area contributed by atoms with Crippen LogP contribution < -0.4 is 20.3 Å². The molecule has 1 amide bonds. The highest BCUT2D eigenvalue weighted by Gasteiger charge is 2.42. The second-order valence-corrected chi connectivity index (χ2v) is 10.9. The fraction of sp³-hybridized carbons (Fsp3) is 0.414. The number of hydrogen-bond acceptors (Lipinski definition) is 5. The van der Waals surface area contributed by atoms with E-state index in [1.165, 1.54) is 0 Å². The quantitative estimate of drug-likeness (QED) is 0.378. The van der Waals surface area contributed by atoms with Crippen molar-refractivity contribution >= 4 is 34.6 Å². The lowest BCUT2D eigenvalue weighted by molar-refractivity contribution is -0.123. The van der Waals surface area contributed by atoms with Crippen LogP contribution in [-0.2, 0) is 16.1 Å². The summed E-state index contributed by atoms with van der Waals surface area (Å²) in [4.78, 5) is 19.4. The Morgan fingerprint density at radius 2 is 1.92 bits per heavy atom. The fourth-order valence-corrected chi connectivity index (χ4v) is 5.19. The van der Waals surface area contributed by atoms with Crippen LogP contribution in [0.15, 0.2) is 48.7 Å². The molecule has 38 heavy (non-hydrogen) atoms. The minimum absolute atomic E-state index is 0.0847. The number of nitrogens with one attached hydrogen (secondary N) is 2. The van der Waals surface area contributed by atoms with Crippen LogP contribution in [0.3, 0.4) is 0 Å². The van der Waals surface area contributed by atoms with E-state index >= 15 is 0 Å². The summed E-state index contributed by atoms with van der Waals surface area (Å²) < 4.78 is 13.3. The van der Waals surface area contributed by atoms with Crippen molar-refractivity contribution in [1.82, 2.24) is 14.9 Å². The maximum atomic E-state index is 12.7. The van der Waals surface area contributed by atoms with Gasteiger partial charge in [0.2, 0.25) is 5.91 Å². The number of pyridine rings is 1. The van der Waals surface area contributed by atoms with Crippen LogP contribution >= 0.6 is 12.2 Å². The molecule has 2 N–H and O–H groups in total. The van der Waals surface area contributed by atoms with E-state index in [2.05, 4.69) is 45.0 Å². The fourth-order valence-electron chi connectivity index (χ4n) is 4.85.